The lowest BCUT2D eigenvalue weighted by Gasteiger charge is -2.05. The van der Waals surface area contributed by atoms with Gasteiger partial charge in [-0.1, -0.05) is 6.07 Å². The minimum absolute atomic E-state index is 0.0603. The van der Waals surface area contributed by atoms with Crippen molar-refractivity contribution < 1.29 is 18.6 Å². The topological polar surface area (TPSA) is 42.4 Å². The molecule has 2 rings (SSSR count). The summed E-state index contributed by atoms with van der Waals surface area (Å²) >= 11 is 0. The fraction of sp³-hybridized carbons (Fsp3) is 0.182. The van der Waals surface area contributed by atoms with Gasteiger partial charge in [0.1, 0.15) is 5.75 Å². The summed E-state index contributed by atoms with van der Waals surface area (Å²) in [7, 11) is 0. The third kappa shape index (κ3) is 2.25. The molecule has 0 aliphatic rings. The van der Waals surface area contributed by atoms with E-state index in [2.05, 4.69) is 9.72 Å². The highest BCUT2D eigenvalue weighted by Crippen LogP contribution is 2.21. The molecule has 0 bridgehead atoms. The largest absolute Gasteiger partial charge is 0.435 e. The van der Waals surface area contributed by atoms with Crippen LogP contribution in [0.25, 0.3) is 10.9 Å². The molecular formula is C11H9F2NO2. The average molecular weight is 225 g/mol. The number of aliphatic hydroxyl groups excluding tert-OH is 1. The van der Waals surface area contributed by atoms with Crippen LogP contribution in [-0.4, -0.2) is 16.7 Å². The fourth-order valence-electron chi connectivity index (χ4n) is 1.40. The van der Waals surface area contributed by atoms with Crippen LogP contribution in [-0.2, 0) is 6.61 Å². The Bertz CT molecular complexity index is 502. The standard InChI is InChI=1S/C11H9F2NO2/c12-11(13)16-9-4-2-7-1-3-8(6-15)14-10(7)5-9/h1-5,11,15H,6H2. The van der Waals surface area contributed by atoms with Gasteiger partial charge in [-0.05, 0) is 18.2 Å². The van der Waals surface area contributed by atoms with Crippen molar-refractivity contribution in [3.05, 3.63) is 36.0 Å². The second-order valence-electron chi connectivity index (χ2n) is 3.19. The predicted octanol–water partition coefficient (Wildman–Crippen LogP) is 2.33. The Morgan fingerprint density at radius 3 is 2.69 bits per heavy atom. The zero-order valence-electron chi connectivity index (χ0n) is 8.23. The first-order chi connectivity index (χ1) is 7.69. The SMILES string of the molecule is OCc1ccc2ccc(OC(F)F)cc2n1. The van der Waals surface area contributed by atoms with Gasteiger partial charge in [-0.3, -0.25) is 4.98 Å². The molecule has 1 N–H and O–H groups in total. The molecule has 1 aromatic carbocycles. The number of hydrogen-bond donors (Lipinski definition) is 1. The second kappa shape index (κ2) is 4.40. The molecule has 84 valence electrons. The number of benzene rings is 1. The zero-order valence-corrected chi connectivity index (χ0v) is 8.23. The summed E-state index contributed by atoms with van der Waals surface area (Å²) in [6, 6.07) is 7.95. The highest BCUT2D eigenvalue weighted by molar-refractivity contribution is 5.80. The normalized spacial score (nSPS) is 11.0. The molecule has 0 fully saturated rings. The van der Waals surface area contributed by atoms with Gasteiger partial charge < -0.3 is 9.84 Å². The lowest BCUT2D eigenvalue weighted by atomic mass is 10.2. The van der Waals surface area contributed by atoms with E-state index in [1.165, 1.54) is 12.1 Å². The average Bonchev–Trinajstić information content (AvgIpc) is 2.27. The van der Waals surface area contributed by atoms with E-state index < -0.39 is 6.61 Å². The number of ether oxygens (including phenoxy) is 1. The summed E-state index contributed by atoms with van der Waals surface area (Å²) in [4.78, 5) is 4.09. The number of rotatable bonds is 3. The molecule has 0 amide bonds. The van der Waals surface area contributed by atoms with Gasteiger partial charge in [-0.25, -0.2) is 0 Å². The van der Waals surface area contributed by atoms with Crippen molar-refractivity contribution in [3.63, 3.8) is 0 Å². The minimum Gasteiger partial charge on any atom is -0.435 e. The Hall–Kier alpha value is -1.75. The lowest BCUT2D eigenvalue weighted by molar-refractivity contribution is -0.0497. The van der Waals surface area contributed by atoms with Crippen LogP contribution >= 0.6 is 0 Å². The molecule has 1 heterocycles. The van der Waals surface area contributed by atoms with E-state index >= 15 is 0 Å². The van der Waals surface area contributed by atoms with Crippen LogP contribution in [0.5, 0.6) is 5.75 Å². The van der Waals surface area contributed by atoms with Crippen LogP contribution in [0.15, 0.2) is 30.3 Å². The molecule has 0 saturated carbocycles. The van der Waals surface area contributed by atoms with Crippen molar-refractivity contribution >= 4 is 10.9 Å². The molecule has 1 aromatic heterocycles. The van der Waals surface area contributed by atoms with Crippen LogP contribution in [0, 0.1) is 0 Å². The van der Waals surface area contributed by atoms with Crippen LogP contribution in [0.2, 0.25) is 0 Å². The van der Waals surface area contributed by atoms with E-state index in [-0.39, 0.29) is 12.4 Å². The van der Waals surface area contributed by atoms with Gasteiger partial charge in [-0.15, -0.1) is 0 Å². The van der Waals surface area contributed by atoms with E-state index in [4.69, 9.17) is 5.11 Å². The van der Waals surface area contributed by atoms with Crippen LogP contribution in [0.1, 0.15) is 5.69 Å². The van der Waals surface area contributed by atoms with E-state index in [9.17, 15) is 8.78 Å². The highest BCUT2D eigenvalue weighted by Gasteiger charge is 2.05. The maximum atomic E-state index is 12.0. The van der Waals surface area contributed by atoms with Crippen molar-refractivity contribution in [2.45, 2.75) is 13.2 Å². The number of pyridine rings is 1. The van der Waals surface area contributed by atoms with Gasteiger partial charge >= 0.3 is 6.61 Å². The summed E-state index contributed by atoms with van der Waals surface area (Å²) in [6.45, 7) is -3.03. The lowest BCUT2D eigenvalue weighted by Crippen LogP contribution is -2.01. The van der Waals surface area contributed by atoms with E-state index in [0.29, 0.717) is 11.2 Å². The van der Waals surface area contributed by atoms with Gasteiger partial charge in [0.05, 0.1) is 17.8 Å². The Labute approximate surface area is 90.3 Å². The maximum Gasteiger partial charge on any atom is 0.387 e. The summed E-state index contributed by atoms with van der Waals surface area (Å²) in [5.74, 6) is 0.0603. The van der Waals surface area contributed by atoms with E-state index in [0.717, 1.165) is 5.39 Å². The van der Waals surface area contributed by atoms with Gasteiger partial charge in [0.2, 0.25) is 0 Å². The van der Waals surface area contributed by atoms with E-state index in [1.807, 2.05) is 0 Å². The molecule has 0 aliphatic heterocycles. The molecule has 0 saturated heterocycles. The monoisotopic (exact) mass is 225 g/mol. The first-order valence-corrected chi connectivity index (χ1v) is 4.64. The molecule has 0 atom stereocenters. The number of hydrogen-bond acceptors (Lipinski definition) is 3. The van der Waals surface area contributed by atoms with Gasteiger partial charge in [-0.2, -0.15) is 8.78 Å². The van der Waals surface area contributed by atoms with Crippen molar-refractivity contribution in [1.29, 1.82) is 0 Å². The Balaban J connectivity index is 2.42. The second-order valence-corrected chi connectivity index (χ2v) is 3.19. The number of aromatic nitrogens is 1. The number of halogens is 2. The molecule has 0 aliphatic carbocycles. The number of fused-ring (bicyclic) bond motifs is 1. The third-order valence-corrected chi connectivity index (χ3v) is 2.11. The maximum absolute atomic E-state index is 12.0. The fourth-order valence-corrected chi connectivity index (χ4v) is 1.40. The minimum atomic E-state index is -2.85. The van der Waals surface area contributed by atoms with Crippen LogP contribution < -0.4 is 4.74 Å². The first-order valence-electron chi connectivity index (χ1n) is 4.64. The van der Waals surface area contributed by atoms with Gasteiger partial charge in [0.15, 0.2) is 0 Å². The van der Waals surface area contributed by atoms with E-state index in [1.54, 1.807) is 18.2 Å². The summed E-state index contributed by atoms with van der Waals surface area (Å²) in [5.41, 5.74) is 1.01. The van der Waals surface area contributed by atoms with Crippen molar-refractivity contribution in [2.24, 2.45) is 0 Å². The van der Waals surface area contributed by atoms with Crippen molar-refractivity contribution in [2.75, 3.05) is 0 Å². The Morgan fingerprint density at radius 1 is 1.25 bits per heavy atom. The van der Waals surface area contributed by atoms with Gasteiger partial charge in [0.25, 0.3) is 0 Å². The summed E-state index contributed by atoms with van der Waals surface area (Å²) in [6.07, 6.45) is 0. The third-order valence-electron chi connectivity index (χ3n) is 2.11. The molecule has 5 heteroatoms. The molecule has 3 nitrogen and oxygen atoms in total. The van der Waals surface area contributed by atoms with Crippen LogP contribution in [0.4, 0.5) is 8.78 Å². The number of alkyl halides is 2. The summed E-state index contributed by atoms with van der Waals surface area (Å²) < 4.78 is 28.2. The molecule has 0 unspecified atom stereocenters. The predicted molar refractivity (Wildman–Crippen MR) is 54.3 cm³/mol. The van der Waals surface area contributed by atoms with Crippen molar-refractivity contribution in [3.8, 4) is 5.75 Å². The molecule has 0 radical (unpaired) electrons. The smallest absolute Gasteiger partial charge is 0.387 e. The molecule has 0 spiro atoms. The zero-order chi connectivity index (χ0) is 11.5. The molecular weight excluding hydrogens is 216 g/mol. The Kier molecular flexibility index (Phi) is 2.96. The number of aliphatic hydroxyl groups is 1. The molecule has 2 aromatic rings. The van der Waals surface area contributed by atoms with Crippen LogP contribution in [0.3, 0.4) is 0 Å². The molecule has 16 heavy (non-hydrogen) atoms. The number of nitrogens with zero attached hydrogens (tertiary/aromatic N) is 1. The Morgan fingerprint density at radius 2 is 2.00 bits per heavy atom. The highest BCUT2D eigenvalue weighted by atomic mass is 19.3. The van der Waals surface area contributed by atoms with Gasteiger partial charge in [0, 0.05) is 11.5 Å². The van der Waals surface area contributed by atoms with Crippen molar-refractivity contribution in [1.82, 2.24) is 4.98 Å². The quantitative estimate of drug-likeness (QED) is 0.871. The summed E-state index contributed by atoms with van der Waals surface area (Å²) in [5, 5.41) is 9.70. The first kappa shape index (κ1) is 10.8.